The molecule has 1 aromatic rings. The lowest BCUT2D eigenvalue weighted by molar-refractivity contribution is -0.134. The molecular weight excluding hydrogens is 319 g/mol. The number of nitrogens with zero attached hydrogens (tertiary/aromatic N) is 2. The van der Waals surface area contributed by atoms with Gasteiger partial charge in [0.1, 0.15) is 5.82 Å². The molecule has 0 bridgehead atoms. The number of hydrogen-bond acceptors (Lipinski definition) is 2. The number of amides is 1. The lowest BCUT2D eigenvalue weighted by atomic mass is 10.1. The van der Waals surface area contributed by atoms with Gasteiger partial charge in [0.05, 0.1) is 0 Å². The minimum Gasteiger partial charge on any atom is -0.352 e. The monoisotopic (exact) mass is 346 g/mol. The highest BCUT2D eigenvalue weighted by Crippen LogP contribution is 2.27. The molecule has 3 rings (SSSR count). The van der Waals surface area contributed by atoms with Crippen molar-refractivity contribution in [2.45, 2.75) is 44.7 Å². The van der Waals surface area contributed by atoms with Crippen molar-refractivity contribution >= 4 is 11.9 Å². The highest BCUT2D eigenvalue weighted by Gasteiger charge is 2.32. The summed E-state index contributed by atoms with van der Waals surface area (Å²) in [5.41, 5.74) is 0.606. The van der Waals surface area contributed by atoms with Gasteiger partial charge in [0.15, 0.2) is 5.96 Å². The number of halogens is 1. The van der Waals surface area contributed by atoms with E-state index in [1.54, 1.807) is 19.2 Å². The molecule has 1 saturated heterocycles. The van der Waals surface area contributed by atoms with Crippen molar-refractivity contribution in [1.29, 1.82) is 0 Å². The second-order valence-electron chi connectivity index (χ2n) is 6.91. The fourth-order valence-electron chi connectivity index (χ4n) is 3.72. The van der Waals surface area contributed by atoms with Crippen LogP contribution in [0.3, 0.4) is 0 Å². The van der Waals surface area contributed by atoms with E-state index in [1.165, 1.54) is 18.9 Å². The number of likely N-dealkylation sites (tertiary alicyclic amines) is 1. The Morgan fingerprint density at radius 2 is 2.04 bits per heavy atom. The number of carbonyl (C=O) groups excluding carboxylic acids is 1. The van der Waals surface area contributed by atoms with E-state index in [2.05, 4.69) is 15.6 Å². The predicted molar refractivity (Wildman–Crippen MR) is 96.7 cm³/mol. The Kier molecular flexibility index (Phi) is 5.89. The topological polar surface area (TPSA) is 56.7 Å². The Bertz CT molecular complexity index is 628. The van der Waals surface area contributed by atoms with Gasteiger partial charge in [-0.1, -0.05) is 31.0 Å². The zero-order valence-corrected chi connectivity index (χ0v) is 14.8. The Morgan fingerprint density at radius 1 is 1.28 bits per heavy atom. The second kappa shape index (κ2) is 8.32. The van der Waals surface area contributed by atoms with Crippen molar-refractivity contribution in [3.63, 3.8) is 0 Å². The van der Waals surface area contributed by atoms with Crippen LogP contribution in [0.25, 0.3) is 0 Å². The molecule has 1 aromatic carbocycles. The molecule has 1 amide bonds. The van der Waals surface area contributed by atoms with Crippen LogP contribution < -0.4 is 10.6 Å². The molecule has 1 saturated carbocycles. The largest absolute Gasteiger partial charge is 0.352 e. The van der Waals surface area contributed by atoms with Gasteiger partial charge in [-0.2, -0.15) is 0 Å². The van der Waals surface area contributed by atoms with Crippen LogP contribution in [-0.2, 0) is 11.3 Å². The molecular formula is C19H27FN4O. The van der Waals surface area contributed by atoms with Crippen LogP contribution in [0.1, 0.15) is 37.7 Å². The van der Waals surface area contributed by atoms with E-state index < -0.39 is 0 Å². The molecule has 0 aromatic heterocycles. The van der Waals surface area contributed by atoms with Crippen molar-refractivity contribution in [3.05, 3.63) is 35.6 Å². The molecule has 136 valence electrons. The maximum absolute atomic E-state index is 13.7. The number of benzene rings is 1. The molecule has 1 heterocycles. The number of nitrogens with one attached hydrogen (secondary N) is 2. The number of hydrogen-bond donors (Lipinski definition) is 2. The summed E-state index contributed by atoms with van der Waals surface area (Å²) in [5, 5.41) is 6.50. The van der Waals surface area contributed by atoms with E-state index in [0.29, 0.717) is 24.0 Å². The number of rotatable bonds is 4. The number of aliphatic imine (C=N–C) groups is 1. The SMILES string of the molecule is CN=C(NCc1ccccc1F)NC1CCN(C(=O)C2CCCC2)C1. The van der Waals surface area contributed by atoms with Crippen molar-refractivity contribution in [3.8, 4) is 0 Å². The van der Waals surface area contributed by atoms with Gasteiger partial charge in [-0.05, 0) is 25.3 Å². The van der Waals surface area contributed by atoms with Gasteiger partial charge in [0, 0.05) is 44.2 Å². The van der Waals surface area contributed by atoms with Crippen LogP contribution in [-0.4, -0.2) is 42.9 Å². The minimum absolute atomic E-state index is 0.192. The fraction of sp³-hybridized carbons (Fsp3) is 0.579. The average Bonchev–Trinajstić information content (AvgIpc) is 3.31. The summed E-state index contributed by atoms with van der Waals surface area (Å²) >= 11 is 0. The summed E-state index contributed by atoms with van der Waals surface area (Å²) in [6, 6.07) is 6.90. The number of guanidine groups is 1. The van der Waals surface area contributed by atoms with E-state index in [4.69, 9.17) is 0 Å². The Balaban J connectivity index is 1.48. The third-order valence-electron chi connectivity index (χ3n) is 5.17. The third kappa shape index (κ3) is 4.50. The summed E-state index contributed by atoms with van der Waals surface area (Å²) in [6.07, 6.45) is 5.36. The van der Waals surface area contributed by atoms with Gasteiger partial charge in [-0.15, -0.1) is 0 Å². The molecule has 1 aliphatic carbocycles. The second-order valence-corrected chi connectivity index (χ2v) is 6.91. The van der Waals surface area contributed by atoms with Crippen LogP contribution in [0.4, 0.5) is 4.39 Å². The van der Waals surface area contributed by atoms with Crippen molar-refractivity contribution < 1.29 is 9.18 Å². The third-order valence-corrected chi connectivity index (χ3v) is 5.17. The summed E-state index contributed by atoms with van der Waals surface area (Å²) in [5.74, 6) is 0.969. The minimum atomic E-state index is -0.223. The van der Waals surface area contributed by atoms with Gasteiger partial charge < -0.3 is 15.5 Å². The van der Waals surface area contributed by atoms with E-state index >= 15 is 0 Å². The molecule has 6 heteroatoms. The van der Waals surface area contributed by atoms with E-state index in [-0.39, 0.29) is 17.8 Å². The highest BCUT2D eigenvalue weighted by atomic mass is 19.1. The van der Waals surface area contributed by atoms with Gasteiger partial charge in [0.25, 0.3) is 0 Å². The maximum Gasteiger partial charge on any atom is 0.225 e. The lowest BCUT2D eigenvalue weighted by Gasteiger charge is -2.21. The normalized spacial score (nSPS) is 21.6. The molecule has 2 aliphatic rings. The summed E-state index contributed by atoms with van der Waals surface area (Å²) < 4.78 is 13.7. The standard InChI is InChI=1S/C19H27FN4O/c1-21-19(22-12-15-8-4-5-9-17(15)20)23-16-10-11-24(13-16)18(25)14-6-2-3-7-14/h4-5,8-9,14,16H,2-3,6-7,10-13H2,1H3,(H2,21,22,23). The predicted octanol–water partition coefficient (Wildman–Crippen LogP) is 2.28. The molecule has 2 N–H and O–H groups in total. The number of carbonyl (C=O) groups is 1. The quantitative estimate of drug-likeness (QED) is 0.650. The first-order valence-corrected chi connectivity index (χ1v) is 9.16. The first-order valence-electron chi connectivity index (χ1n) is 9.16. The van der Waals surface area contributed by atoms with Gasteiger partial charge in [-0.3, -0.25) is 9.79 Å². The molecule has 5 nitrogen and oxygen atoms in total. The molecule has 0 radical (unpaired) electrons. The van der Waals surface area contributed by atoms with Crippen molar-refractivity contribution in [2.24, 2.45) is 10.9 Å². The molecule has 0 spiro atoms. The van der Waals surface area contributed by atoms with Crippen molar-refractivity contribution in [2.75, 3.05) is 20.1 Å². The average molecular weight is 346 g/mol. The first kappa shape index (κ1) is 17.7. The van der Waals surface area contributed by atoms with Crippen LogP contribution >= 0.6 is 0 Å². The molecule has 25 heavy (non-hydrogen) atoms. The van der Waals surface area contributed by atoms with Gasteiger partial charge in [0.2, 0.25) is 5.91 Å². The van der Waals surface area contributed by atoms with Crippen LogP contribution in [0.15, 0.2) is 29.3 Å². The molecule has 1 atom stereocenters. The Morgan fingerprint density at radius 3 is 2.76 bits per heavy atom. The molecule has 2 fully saturated rings. The summed E-state index contributed by atoms with van der Waals surface area (Å²) in [6.45, 7) is 1.90. The fourth-order valence-corrected chi connectivity index (χ4v) is 3.72. The van der Waals surface area contributed by atoms with Crippen LogP contribution in [0.2, 0.25) is 0 Å². The lowest BCUT2D eigenvalue weighted by Crippen LogP contribution is -2.45. The smallest absolute Gasteiger partial charge is 0.225 e. The Labute approximate surface area is 148 Å². The first-order chi connectivity index (χ1) is 12.2. The summed E-state index contributed by atoms with van der Waals surface area (Å²) in [4.78, 5) is 18.7. The van der Waals surface area contributed by atoms with Crippen molar-refractivity contribution in [1.82, 2.24) is 15.5 Å². The Hall–Kier alpha value is -2.11. The van der Waals surface area contributed by atoms with Crippen LogP contribution in [0, 0.1) is 11.7 Å². The molecule has 1 aliphatic heterocycles. The van der Waals surface area contributed by atoms with E-state index in [1.807, 2.05) is 11.0 Å². The zero-order valence-electron chi connectivity index (χ0n) is 14.8. The highest BCUT2D eigenvalue weighted by molar-refractivity contribution is 5.81. The maximum atomic E-state index is 13.7. The molecule has 1 unspecified atom stereocenters. The summed E-state index contributed by atoms with van der Waals surface area (Å²) in [7, 11) is 1.70. The van der Waals surface area contributed by atoms with Crippen LogP contribution in [0.5, 0.6) is 0 Å². The zero-order chi connectivity index (χ0) is 17.6. The van der Waals surface area contributed by atoms with Gasteiger partial charge >= 0.3 is 0 Å². The van der Waals surface area contributed by atoms with Gasteiger partial charge in [-0.25, -0.2) is 4.39 Å². The van der Waals surface area contributed by atoms with E-state index in [0.717, 1.165) is 32.4 Å². The van der Waals surface area contributed by atoms with E-state index in [9.17, 15) is 9.18 Å².